The van der Waals surface area contributed by atoms with Crippen LogP contribution in [0.2, 0.25) is 0 Å². The first-order valence-corrected chi connectivity index (χ1v) is 6.53. The minimum absolute atomic E-state index is 0.189. The Morgan fingerprint density at radius 1 is 1.05 bits per heavy atom. The van der Waals surface area contributed by atoms with Gasteiger partial charge in [0, 0.05) is 11.7 Å². The number of benzene rings is 2. The van der Waals surface area contributed by atoms with Crippen LogP contribution in [0.15, 0.2) is 48.5 Å². The van der Waals surface area contributed by atoms with Crippen molar-refractivity contribution in [1.29, 1.82) is 0 Å². The van der Waals surface area contributed by atoms with Gasteiger partial charge in [-0.1, -0.05) is 24.3 Å². The van der Waals surface area contributed by atoms with Crippen molar-refractivity contribution >= 4 is 5.69 Å². The first-order chi connectivity index (χ1) is 9.86. The largest absolute Gasteiger partial charge is 0.416 e. The highest BCUT2D eigenvalue weighted by atomic mass is 19.4. The van der Waals surface area contributed by atoms with Gasteiger partial charge in [0.1, 0.15) is 5.82 Å². The lowest BCUT2D eigenvalue weighted by atomic mass is 10.1. The molecule has 0 heterocycles. The van der Waals surface area contributed by atoms with E-state index in [1.165, 1.54) is 12.1 Å². The normalized spacial score (nSPS) is 13.0. The quantitative estimate of drug-likeness (QED) is 0.792. The molecule has 0 amide bonds. The molecular weight excluding hydrogens is 282 g/mol. The standard InChI is InChI=1S/C16H15F4N/c1-11(9-12-5-2-3-8-15(12)17)21-14-7-4-6-13(10-14)16(18,19)20/h2-8,10-11,21H,9H2,1H3. The van der Waals surface area contributed by atoms with Crippen molar-refractivity contribution in [2.75, 3.05) is 5.32 Å². The maximum atomic E-state index is 13.5. The Morgan fingerprint density at radius 3 is 2.43 bits per heavy atom. The van der Waals surface area contributed by atoms with Crippen LogP contribution in [0.4, 0.5) is 23.2 Å². The lowest BCUT2D eigenvalue weighted by Gasteiger charge is -2.17. The minimum Gasteiger partial charge on any atom is -0.382 e. The molecule has 0 radical (unpaired) electrons. The fourth-order valence-corrected chi connectivity index (χ4v) is 2.11. The van der Waals surface area contributed by atoms with E-state index in [0.29, 0.717) is 17.7 Å². The first-order valence-electron chi connectivity index (χ1n) is 6.53. The van der Waals surface area contributed by atoms with E-state index in [0.717, 1.165) is 12.1 Å². The maximum absolute atomic E-state index is 13.5. The molecule has 1 N–H and O–H groups in total. The molecule has 0 fully saturated rings. The highest BCUT2D eigenvalue weighted by Gasteiger charge is 2.30. The van der Waals surface area contributed by atoms with Crippen molar-refractivity contribution in [2.24, 2.45) is 0 Å². The molecule has 1 atom stereocenters. The van der Waals surface area contributed by atoms with Gasteiger partial charge >= 0.3 is 6.18 Å². The SMILES string of the molecule is CC(Cc1ccccc1F)Nc1cccc(C(F)(F)F)c1. The van der Waals surface area contributed by atoms with Crippen LogP contribution in [0, 0.1) is 5.82 Å². The third kappa shape index (κ3) is 4.21. The Kier molecular flexibility index (Phi) is 4.50. The summed E-state index contributed by atoms with van der Waals surface area (Å²) in [6, 6.07) is 11.2. The molecule has 5 heteroatoms. The van der Waals surface area contributed by atoms with Crippen LogP contribution >= 0.6 is 0 Å². The van der Waals surface area contributed by atoms with Gasteiger partial charge in [0.15, 0.2) is 0 Å². The second-order valence-electron chi connectivity index (χ2n) is 4.92. The van der Waals surface area contributed by atoms with Crippen LogP contribution in [0.1, 0.15) is 18.1 Å². The summed E-state index contributed by atoms with van der Waals surface area (Å²) >= 11 is 0. The van der Waals surface area contributed by atoms with E-state index < -0.39 is 11.7 Å². The van der Waals surface area contributed by atoms with Gasteiger partial charge in [-0.15, -0.1) is 0 Å². The molecule has 0 aliphatic rings. The van der Waals surface area contributed by atoms with Gasteiger partial charge in [-0.3, -0.25) is 0 Å². The van der Waals surface area contributed by atoms with E-state index in [9.17, 15) is 17.6 Å². The molecule has 1 nitrogen and oxygen atoms in total. The van der Waals surface area contributed by atoms with Crippen LogP contribution in [0.25, 0.3) is 0 Å². The number of hydrogen-bond acceptors (Lipinski definition) is 1. The number of anilines is 1. The summed E-state index contributed by atoms with van der Waals surface area (Å²) in [4.78, 5) is 0. The monoisotopic (exact) mass is 297 g/mol. The Balaban J connectivity index is 2.06. The summed E-state index contributed by atoms with van der Waals surface area (Å²) in [5.74, 6) is -0.310. The van der Waals surface area contributed by atoms with Gasteiger partial charge in [0.05, 0.1) is 5.56 Å². The molecule has 2 aromatic carbocycles. The molecule has 0 aliphatic carbocycles. The Hall–Kier alpha value is -2.04. The van der Waals surface area contributed by atoms with Crippen LogP contribution in [0.3, 0.4) is 0 Å². The molecule has 0 saturated heterocycles. The minimum atomic E-state index is -4.37. The van der Waals surface area contributed by atoms with Crippen LogP contribution in [-0.4, -0.2) is 6.04 Å². The summed E-state index contributed by atoms with van der Waals surface area (Å²) in [6.45, 7) is 1.80. The van der Waals surface area contributed by atoms with Crippen LogP contribution in [-0.2, 0) is 12.6 Å². The van der Waals surface area contributed by atoms with E-state index in [4.69, 9.17) is 0 Å². The van der Waals surface area contributed by atoms with E-state index >= 15 is 0 Å². The predicted octanol–water partition coefficient (Wildman–Crippen LogP) is 4.89. The van der Waals surface area contributed by atoms with Crippen molar-refractivity contribution in [3.8, 4) is 0 Å². The van der Waals surface area contributed by atoms with Crippen molar-refractivity contribution in [2.45, 2.75) is 25.6 Å². The van der Waals surface area contributed by atoms with Gasteiger partial charge in [-0.2, -0.15) is 13.2 Å². The second-order valence-corrected chi connectivity index (χ2v) is 4.92. The zero-order valence-electron chi connectivity index (χ0n) is 11.4. The summed E-state index contributed by atoms with van der Waals surface area (Å²) < 4.78 is 51.4. The van der Waals surface area contributed by atoms with E-state index in [1.54, 1.807) is 31.2 Å². The zero-order chi connectivity index (χ0) is 15.5. The zero-order valence-corrected chi connectivity index (χ0v) is 11.4. The van der Waals surface area contributed by atoms with E-state index in [1.807, 2.05) is 0 Å². The third-order valence-corrected chi connectivity index (χ3v) is 3.09. The average Bonchev–Trinajstić information content (AvgIpc) is 2.41. The van der Waals surface area contributed by atoms with E-state index in [-0.39, 0.29) is 11.9 Å². The predicted molar refractivity (Wildman–Crippen MR) is 74.6 cm³/mol. The van der Waals surface area contributed by atoms with Gasteiger partial charge in [-0.05, 0) is 43.2 Å². The number of nitrogens with one attached hydrogen (secondary N) is 1. The molecule has 0 bridgehead atoms. The lowest BCUT2D eigenvalue weighted by molar-refractivity contribution is -0.137. The van der Waals surface area contributed by atoms with Crippen LogP contribution < -0.4 is 5.32 Å². The Morgan fingerprint density at radius 2 is 1.76 bits per heavy atom. The van der Waals surface area contributed by atoms with Crippen molar-refractivity contribution in [3.05, 3.63) is 65.5 Å². The van der Waals surface area contributed by atoms with E-state index in [2.05, 4.69) is 5.32 Å². The highest BCUT2D eigenvalue weighted by molar-refractivity contribution is 5.47. The number of rotatable bonds is 4. The molecule has 0 aliphatic heterocycles. The molecule has 2 aromatic rings. The molecule has 112 valence electrons. The van der Waals surface area contributed by atoms with Gasteiger partial charge in [0.2, 0.25) is 0 Å². The Bertz CT molecular complexity index is 607. The molecular formula is C16H15F4N. The smallest absolute Gasteiger partial charge is 0.382 e. The van der Waals surface area contributed by atoms with Gasteiger partial charge in [-0.25, -0.2) is 4.39 Å². The molecule has 0 spiro atoms. The number of hydrogen-bond donors (Lipinski definition) is 1. The van der Waals surface area contributed by atoms with Crippen molar-refractivity contribution in [1.82, 2.24) is 0 Å². The summed E-state index contributed by atoms with van der Waals surface area (Å²) in [6.07, 6.45) is -3.98. The summed E-state index contributed by atoms with van der Waals surface area (Å²) in [7, 11) is 0. The van der Waals surface area contributed by atoms with Crippen LogP contribution in [0.5, 0.6) is 0 Å². The molecule has 2 rings (SSSR count). The maximum Gasteiger partial charge on any atom is 0.416 e. The number of alkyl halides is 3. The second kappa shape index (κ2) is 6.16. The highest BCUT2D eigenvalue weighted by Crippen LogP contribution is 2.30. The van der Waals surface area contributed by atoms with Gasteiger partial charge < -0.3 is 5.32 Å². The average molecular weight is 297 g/mol. The third-order valence-electron chi connectivity index (χ3n) is 3.09. The number of halogens is 4. The summed E-state index contributed by atoms with van der Waals surface area (Å²) in [5, 5.41) is 2.96. The van der Waals surface area contributed by atoms with Crippen molar-refractivity contribution < 1.29 is 17.6 Å². The molecule has 0 aromatic heterocycles. The lowest BCUT2D eigenvalue weighted by Crippen LogP contribution is -2.19. The molecule has 21 heavy (non-hydrogen) atoms. The fraction of sp³-hybridized carbons (Fsp3) is 0.250. The van der Waals surface area contributed by atoms with Gasteiger partial charge in [0.25, 0.3) is 0 Å². The Labute approximate surface area is 120 Å². The molecule has 1 unspecified atom stereocenters. The first kappa shape index (κ1) is 15.4. The molecule has 0 saturated carbocycles. The topological polar surface area (TPSA) is 12.0 Å². The van der Waals surface area contributed by atoms with Crippen molar-refractivity contribution in [3.63, 3.8) is 0 Å². The fourth-order valence-electron chi connectivity index (χ4n) is 2.11. The summed E-state index contributed by atoms with van der Waals surface area (Å²) in [5.41, 5.74) is 0.198.